The number of amides is 2. The second-order valence-electron chi connectivity index (χ2n) is 5.67. The van der Waals surface area contributed by atoms with Crippen LogP contribution in [0.1, 0.15) is 24.8 Å². The lowest BCUT2D eigenvalue weighted by Gasteiger charge is -2.31. The summed E-state index contributed by atoms with van der Waals surface area (Å²) in [7, 11) is 1.15. The van der Waals surface area contributed by atoms with Crippen molar-refractivity contribution in [2.24, 2.45) is 0 Å². The van der Waals surface area contributed by atoms with E-state index < -0.39 is 30.3 Å². The smallest absolute Gasteiger partial charge is 0.416 e. The molecule has 6 nitrogen and oxygen atoms in total. The van der Waals surface area contributed by atoms with E-state index in [0.717, 1.165) is 38.5 Å². The molecule has 2 amide bonds. The van der Waals surface area contributed by atoms with E-state index in [-0.39, 0.29) is 5.69 Å². The van der Waals surface area contributed by atoms with Crippen LogP contribution in [0.3, 0.4) is 0 Å². The van der Waals surface area contributed by atoms with Gasteiger partial charge in [0.05, 0.1) is 24.0 Å². The Morgan fingerprint density at radius 2 is 1.88 bits per heavy atom. The molecule has 0 spiro atoms. The van der Waals surface area contributed by atoms with Gasteiger partial charge in [-0.25, -0.2) is 4.79 Å². The number of carbonyl (C=O) groups excluding carboxylic acids is 2. The van der Waals surface area contributed by atoms with E-state index in [1.54, 1.807) is 0 Å². The van der Waals surface area contributed by atoms with Crippen LogP contribution < -0.4 is 15.5 Å². The van der Waals surface area contributed by atoms with Crippen LogP contribution in [-0.2, 0) is 15.7 Å². The first-order chi connectivity index (χ1) is 11.8. The molecule has 1 fully saturated rings. The standard InChI is InChI=1S/C16H20F3N3O3/c1-25-15(24)20-10-14(23)21-12-9-11(16(17,18)19)5-6-13(12)22-7-3-2-4-8-22/h5-6,9H,2-4,7-8,10H2,1H3,(H,20,24)(H,21,23). The molecule has 1 saturated heterocycles. The van der Waals surface area contributed by atoms with Gasteiger partial charge in [-0.1, -0.05) is 0 Å². The van der Waals surface area contributed by atoms with Crippen molar-refractivity contribution in [3.8, 4) is 0 Å². The molecular weight excluding hydrogens is 339 g/mol. The molecule has 0 aliphatic carbocycles. The van der Waals surface area contributed by atoms with Gasteiger partial charge in [-0.3, -0.25) is 4.79 Å². The van der Waals surface area contributed by atoms with Gasteiger partial charge in [0.25, 0.3) is 0 Å². The molecule has 2 rings (SSSR count). The third kappa shape index (κ3) is 5.27. The van der Waals surface area contributed by atoms with Crippen LogP contribution in [0, 0.1) is 0 Å². The van der Waals surface area contributed by atoms with E-state index in [0.29, 0.717) is 18.8 Å². The lowest BCUT2D eigenvalue weighted by molar-refractivity contribution is -0.137. The van der Waals surface area contributed by atoms with Crippen molar-refractivity contribution in [1.29, 1.82) is 0 Å². The van der Waals surface area contributed by atoms with Gasteiger partial charge in [0, 0.05) is 13.1 Å². The largest absolute Gasteiger partial charge is 0.453 e. The van der Waals surface area contributed by atoms with Gasteiger partial charge in [0.2, 0.25) is 5.91 Å². The number of benzene rings is 1. The molecule has 1 aliphatic heterocycles. The van der Waals surface area contributed by atoms with Crippen LogP contribution >= 0.6 is 0 Å². The minimum atomic E-state index is -4.51. The number of ether oxygens (including phenoxy) is 1. The number of halogens is 3. The Kier molecular flexibility index (Phi) is 6.11. The Bertz CT molecular complexity index is 629. The number of hydrogen-bond donors (Lipinski definition) is 2. The fourth-order valence-electron chi connectivity index (χ4n) is 2.64. The van der Waals surface area contributed by atoms with Gasteiger partial charge in [-0.05, 0) is 37.5 Å². The molecule has 1 aromatic carbocycles. The summed E-state index contributed by atoms with van der Waals surface area (Å²) < 4.78 is 43.3. The minimum absolute atomic E-state index is 0.0772. The maximum absolute atomic E-state index is 13.0. The van der Waals surface area contributed by atoms with Gasteiger partial charge < -0.3 is 20.3 Å². The van der Waals surface area contributed by atoms with Crippen LogP contribution in [0.25, 0.3) is 0 Å². The van der Waals surface area contributed by atoms with Crippen LogP contribution in [-0.4, -0.2) is 38.7 Å². The SMILES string of the molecule is COC(=O)NCC(=O)Nc1cc(C(F)(F)F)ccc1N1CCCCC1. The molecule has 0 aromatic heterocycles. The summed E-state index contributed by atoms with van der Waals surface area (Å²) in [6, 6.07) is 3.30. The highest BCUT2D eigenvalue weighted by molar-refractivity contribution is 5.97. The Morgan fingerprint density at radius 1 is 1.20 bits per heavy atom. The summed E-state index contributed by atoms with van der Waals surface area (Å²) in [4.78, 5) is 24.9. The lowest BCUT2D eigenvalue weighted by Crippen LogP contribution is -2.34. The Balaban J connectivity index is 2.21. The first-order valence-corrected chi connectivity index (χ1v) is 7.89. The predicted molar refractivity (Wildman–Crippen MR) is 86.5 cm³/mol. The minimum Gasteiger partial charge on any atom is -0.453 e. The summed E-state index contributed by atoms with van der Waals surface area (Å²) >= 11 is 0. The summed E-state index contributed by atoms with van der Waals surface area (Å²) in [6.45, 7) is 1.03. The number of methoxy groups -OCH3 is 1. The average molecular weight is 359 g/mol. The van der Waals surface area contributed by atoms with Crippen molar-refractivity contribution in [3.05, 3.63) is 23.8 Å². The summed E-state index contributed by atoms with van der Waals surface area (Å²) in [6.07, 6.45) is -2.35. The highest BCUT2D eigenvalue weighted by atomic mass is 19.4. The number of carbonyl (C=O) groups is 2. The molecule has 0 radical (unpaired) electrons. The first-order valence-electron chi connectivity index (χ1n) is 7.89. The van der Waals surface area contributed by atoms with Gasteiger partial charge in [0.15, 0.2) is 0 Å². The van der Waals surface area contributed by atoms with Crippen molar-refractivity contribution < 1.29 is 27.5 Å². The Morgan fingerprint density at radius 3 is 2.48 bits per heavy atom. The molecule has 0 atom stereocenters. The molecule has 1 aliphatic rings. The van der Waals surface area contributed by atoms with Crippen molar-refractivity contribution in [3.63, 3.8) is 0 Å². The van der Waals surface area contributed by atoms with Gasteiger partial charge in [-0.2, -0.15) is 13.2 Å². The number of hydrogen-bond acceptors (Lipinski definition) is 4. The van der Waals surface area contributed by atoms with Crippen molar-refractivity contribution >= 4 is 23.4 Å². The number of anilines is 2. The van der Waals surface area contributed by atoms with Crippen LogP contribution in [0.4, 0.5) is 29.3 Å². The van der Waals surface area contributed by atoms with Crippen molar-refractivity contribution in [2.75, 3.05) is 37.0 Å². The molecule has 0 unspecified atom stereocenters. The monoisotopic (exact) mass is 359 g/mol. The Hall–Kier alpha value is -2.45. The highest BCUT2D eigenvalue weighted by Gasteiger charge is 2.31. The summed E-state index contributed by atoms with van der Waals surface area (Å²) in [5.74, 6) is -0.636. The summed E-state index contributed by atoms with van der Waals surface area (Å²) in [5, 5.41) is 4.64. The normalized spacial score (nSPS) is 14.8. The van der Waals surface area contributed by atoms with Crippen LogP contribution in [0.5, 0.6) is 0 Å². The molecule has 138 valence electrons. The number of rotatable bonds is 4. The van der Waals surface area contributed by atoms with Gasteiger partial charge >= 0.3 is 12.3 Å². The molecular formula is C16H20F3N3O3. The molecule has 0 saturated carbocycles. The number of piperidine rings is 1. The fraction of sp³-hybridized carbons (Fsp3) is 0.500. The second-order valence-corrected chi connectivity index (χ2v) is 5.67. The van der Waals surface area contributed by atoms with Crippen LogP contribution in [0.15, 0.2) is 18.2 Å². The van der Waals surface area contributed by atoms with Gasteiger partial charge in [-0.15, -0.1) is 0 Å². The molecule has 1 heterocycles. The molecule has 25 heavy (non-hydrogen) atoms. The predicted octanol–water partition coefficient (Wildman–Crippen LogP) is 2.99. The zero-order valence-electron chi connectivity index (χ0n) is 13.8. The van der Waals surface area contributed by atoms with Crippen molar-refractivity contribution in [1.82, 2.24) is 5.32 Å². The molecule has 2 N–H and O–H groups in total. The topological polar surface area (TPSA) is 70.7 Å². The highest BCUT2D eigenvalue weighted by Crippen LogP contribution is 2.36. The lowest BCUT2D eigenvalue weighted by atomic mass is 10.1. The van der Waals surface area contributed by atoms with E-state index in [1.165, 1.54) is 6.07 Å². The fourth-order valence-corrected chi connectivity index (χ4v) is 2.64. The maximum Gasteiger partial charge on any atom is 0.416 e. The van der Waals surface area contributed by atoms with E-state index in [4.69, 9.17) is 0 Å². The first kappa shape index (κ1) is 18.9. The number of nitrogens with zero attached hydrogens (tertiary/aromatic N) is 1. The number of alkyl halides is 3. The zero-order valence-corrected chi connectivity index (χ0v) is 13.8. The second kappa shape index (κ2) is 8.09. The average Bonchev–Trinajstić information content (AvgIpc) is 2.59. The molecule has 1 aromatic rings. The van der Waals surface area contributed by atoms with Crippen molar-refractivity contribution in [2.45, 2.75) is 25.4 Å². The molecule has 0 bridgehead atoms. The maximum atomic E-state index is 13.0. The molecule has 9 heteroatoms. The van der Waals surface area contributed by atoms with E-state index in [9.17, 15) is 22.8 Å². The quantitative estimate of drug-likeness (QED) is 0.867. The van der Waals surface area contributed by atoms with E-state index in [2.05, 4.69) is 15.4 Å². The van der Waals surface area contributed by atoms with E-state index >= 15 is 0 Å². The van der Waals surface area contributed by atoms with E-state index in [1.807, 2.05) is 4.90 Å². The third-order valence-corrected chi connectivity index (χ3v) is 3.87. The number of alkyl carbamates (subject to hydrolysis) is 1. The number of nitrogens with one attached hydrogen (secondary N) is 2. The third-order valence-electron chi connectivity index (χ3n) is 3.87. The van der Waals surface area contributed by atoms with Crippen LogP contribution in [0.2, 0.25) is 0 Å². The Labute approximate surface area is 143 Å². The van der Waals surface area contributed by atoms with Gasteiger partial charge in [0.1, 0.15) is 6.54 Å². The zero-order chi connectivity index (χ0) is 18.4. The summed E-state index contributed by atoms with van der Waals surface area (Å²) in [5.41, 5.74) is -0.225.